The molecular formula is C13H14F3NO2S. The SMILES string of the molecule is O=C(O)N1CC(CCSc2cccc(C(F)(F)F)c2)C1. The van der Waals surface area contributed by atoms with Crippen LogP contribution in [0.1, 0.15) is 12.0 Å². The molecule has 0 aliphatic carbocycles. The van der Waals surface area contributed by atoms with Gasteiger partial charge in [0.25, 0.3) is 0 Å². The molecule has 1 amide bonds. The fourth-order valence-electron chi connectivity index (χ4n) is 2.01. The molecule has 1 N–H and O–H groups in total. The van der Waals surface area contributed by atoms with Gasteiger partial charge >= 0.3 is 12.3 Å². The number of thioether (sulfide) groups is 1. The Bertz CT molecular complexity index is 487. The highest BCUT2D eigenvalue weighted by Gasteiger charge is 2.31. The number of amides is 1. The standard InChI is InChI=1S/C13H14F3NO2S/c14-13(15,16)10-2-1-3-11(6-10)20-5-4-9-7-17(8-9)12(18)19/h1-3,6,9H,4-5,7-8H2,(H,18,19). The molecule has 0 saturated carbocycles. The molecule has 3 nitrogen and oxygen atoms in total. The highest BCUT2D eigenvalue weighted by molar-refractivity contribution is 7.99. The smallest absolute Gasteiger partial charge is 0.416 e. The third-order valence-corrected chi connectivity index (χ3v) is 4.21. The normalized spacial score (nSPS) is 16.1. The van der Waals surface area contributed by atoms with Crippen LogP contribution in [0.25, 0.3) is 0 Å². The summed E-state index contributed by atoms with van der Waals surface area (Å²) in [4.78, 5) is 12.5. The number of carboxylic acid groups (broad SMARTS) is 1. The van der Waals surface area contributed by atoms with Gasteiger partial charge in [-0.15, -0.1) is 11.8 Å². The first kappa shape index (κ1) is 15.0. The summed E-state index contributed by atoms with van der Waals surface area (Å²) in [5, 5.41) is 8.68. The summed E-state index contributed by atoms with van der Waals surface area (Å²) >= 11 is 1.37. The van der Waals surface area contributed by atoms with Crippen molar-refractivity contribution >= 4 is 17.9 Å². The van der Waals surface area contributed by atoms with Crippen molar-refractivity contribution in [3.8, 4) is 0 Å². The van der Waals surface area contributed by atoms with Crippen molar-refractivity contribution in [1.82, 2.24) is 4.90 Å². The van der Waals surface area contributed by atoms with Gasteiger partial charge in [0.1, 0.15) is 0 Å². The number of likely N-dealkylation sites (tertiary alicyclic amines) is 1. The molecule has 1 aliphatic heterocycles. The predicted octanol–water partition coefficient (Wildman–Crippen LogP) is 3.80. The average Bonchev–Trinajstić information content (AvgIpc) is 2.30. The monoisotopic (exact) mass is 305 g/mol. The zero-order valence-electron chi connectivity index (χ0n) is 10.6. The van der Waals surface area contributed by atoms with Gasteiger partial charge < -0.3 is 10.0 Å². The molecule has 1 aliphatic rings. The summed E-state index contributed by atoms with van der Waals surface area (Å²) in [5.41, 5.74) is -0.636. The maximum Gasteiger partial charge on any atom is 0.416 e. The van der Waals surface area contributed by atoms with Crippen LogP contribution in [0.5, 0.6) is 0 Å². The number of rotatable bonds is 4. The number of benzene rings is 1. The molecule has 1 aromatic rings. The minimum Gasteiger partial charge on any atom is -0.465 e. The van der Waals surface area contributed by atoms with Gasteiger partial charge in [-0.1, -0.05) is 6.07 Å². The molecule has 0 spiro atoms. The number of nitrogens with zero attached hydrogens (tertiary/aromatic N) is 1. The van der Waals surface area contributed by atoms with E-state index < -0.39 is 17.8 Å². The van der Waals surface area contributed by atoms with E-state index in [2.05, 4.69) is 0 Å². The second-order valence-electron chi connectivity index (χ2n) is 4.72. The van der Waals surface area contributed by atoms with E-state index >= 15 is 0 Å². The Morgan fingerprint density at radius 2 is 2.10 bits per heavy atom. The number of alkyl halides is 3. The van der Waals surface area contributed by atoms with Gasteiger partial charge in [0.15, 0.2) is 0 Å². The molecule has 7 heteroatoms. The maximum atomic E-state index is 12.5. The fourth-order valence-corrected chi connectivity index (χ4v) is 3.09. The largest absolute Gasteiger partial charge is 0.465 e. The first-order valence-corrected chi connectivity index (χ1v) is 7.13. The lowest BCUT2D eigenvalue weighted by Gasteiger charge is -2.37. The van der Waals surface area contributed by atoms with Crippen LogP contribution < -0.4 is 0 Å². The molecule has 110 valence electrons. The topological polar surface area (TPSA) is 40.5 Å². The predicted molar refractivity (Wildman–Crippen MR) is 69.9 cm³/mol. The van der Waals surface area contributed by atoms with Crippen LogP contribution in [0, 0.1) is 5.92 Å². The summed E-state index contributed by atoms with van der Waals surface area (Å²) in [6.07, 6.45) is -4.41. The molecule has 0 aromatic heterocycles. The second kappa shape index (κ2) is 5.95. The van der Waals surface area contributed by atoms with Crippen LogP contribution in [-0.2, 0) is 6.18 Å². The van der Waals surface area contributed by atoms with Crippen LogP contribution >= 0.6 is 11.8 Å². The van der Waals surface area contributed by atoms with E-state index in [-0.39, 0.29) is 0 Å². The molecule has 20 heavy (non-hydrogen) atoms. The van der Waals surface area contributed by atoms with Gasteiger partial charge in [-0.25, -0.2) is 4.79 Å². The highest BCUT2D eigenvalue weighted by atomic mass is 32.2. The highest BCUT2D eigenvalue weighted by Crippen LogP contribution is 2.32. The van der Waals surface area contributed by atoms with Crippen LogP contribution in [0.15, 0.2) is 29.2 Å². The lowest BCUT2D eigenvalue weighted by atomic mass is 9.98. The first-order valence-electron chi connectivity index (χ1n) is 6.14. The van der Waals surface area contributed by atoms with Crippen molar-refractivity contribution in [1.29, 1.82) is 0 Å². The second-order valence-corrected chi connectivity index (χ2v) is 5.88. The van der Waals surface area contributed by atoms with Crippen LogP contribution in [-0.4, -0.2) is 34.9 Å². The Hall–Kier alpha value is -1.37. The van der Waals surface area contributed by atoms with Crippen molar-refractivity contribution in [3.05, 3.63) is 29.8 Å². The molecular weight excluding hydrogens is 291 g/mol. The third-order valence-electron chi connectivity index (χ3n) is 3.18. The van der Waals surface area contributed by atoms with Gasteiger partial charge in [-0.05, 0) is 36.3 Å². The van der Waals surface area contributed by atoms with Crippen molar-refractivity contribution < 1.29 is 23.1 Å². The first-order chi connectivity index (χ1) is 9.36. The molecule has 0 atom stereocenters. The van der Waals surface area contributed by atoms with Crippen LogP contribution in [0.4, 0.5) is 18.0 Å². The lowest BCUT2D eigenvalue weighted by molar-refractivity contribution is -0.137. The quantitative estimate of drug-likeness (QED) is 0.860. The van der Waals surface area contributed by atoms with Gasteiger partial charge in [-0.3, -0.25) is 0 Å². The Labute approximate surface area is 118 Å². The van der Waals surface area contributed by atoms with Gasteiger partial charge in [0.2, 0.25) is 0 Å². The molecule has 0 radical (unpaired) electrons. The minimum atomic E-state index is -4.31. The lowest BCUT2D eigenvalue weighted by Crippen LogP contribution is -2.49. The van der Waals surface area contributed by atoms with Crippen LogP contribution in [0.2, 0.25) is 0 Å². The summed E-state index contributed by atoms with van der Waals surface area (Å²) in [7, 11) is 0. The Kier molecular flexibility index (Phi) is 4.47. The molecule has 0 bridgehead atoms. The van der Waals surface area contributed by atoms with Crippen LogP contribution in [0.3, 0.4) is 0 Å². The Balaban J connectivity index is 1.77. The summed E-state index contributed by atoms with van der Waals surface area (Å²) in [6.45, 7) is 1.05. The molecule has 1 heterocycles. The van der Waals surface area contributed by atoms with E-state index in [9.17, 15) is 18.0 Å². The van der Waals surface area contributed by atoms with Crippen molar-refractivity contribution in [2.75, 3.05) is 18.8 Å². The average molecular weight is 305 g/mol. The van der Waals surface area contributed by atoms with E-state index in [4.69, 9.17) is 5.11 Å². The number of hydrogen-bond donors (Lipinski definition) is 1. The zero-order valence-corrected chi connectivity index (χ0v) is 11.4. The molecule has 1 aromatic carbocycles. The van der Waals surface area contributed by atoms with Crippen molar-refractivity contribution in [3.63, 3.8) is 0 Å². The summed E-state index contributed by atoms with van der Waals surface area (Å²) in [5.74, 6) is 1.02. The number of halogens is 3. The van der Waals surface area contributed by atoms with Gasteiger partial charge in [0.05, 0.1) is 5.56 Å². The maximum absolute atomic E-state index is 12.5. The number of hydrogen-bond acceptors (Lipinski definition) is 2. The fraction of sp³-hybridized carbons (Fsp3) is 0.462. The van der Waals surface area contributed by atoms with E-state index in [1.165, 1.54) is 22.7 Å². The van der Waals surface area contributed by atoms with Crippen molar-refractivity contribution in [2.45, 2.75) is 17.5 Å². The van der Waals surface area contributed by atoms with E-state index in [0.29, 0.717) is 29.7 Å². The summed E-state index contributed by atoms with van der Waals surface area (Å²) < 4.78 is 37.6. The van der Waals surface area contributed by atoms with Crippen molar-refractivity contribution in [2.24, 2.45) is 5.92 Å². The molecule has 2 rings (SSSR count). The molecule has 1 fully saturated rings. The molecule has 1 saturated heterocycles. The third kappa shape index (κ3) is 3.82. The van der Waals surface area contributed by atoms with Gasteiger partial charge in [0, 0.05) is 18.0 Å². The minimum absolute atomic E-state index is 0.324. The Morgan fingerprint density at radius 1 is 1.40 bits per heavy atom. The summed E-state index contributed by atoms with van der Waals surface area (Å²) in [6, 6.07) is 5.26. The molecule has 0 unspecified atom stereocenters. The zero-order chi connectivity index (χ0) is 14.8. The Morgan fingerprint density at radius 3 is 2.70 bits per heavy atom. The number of carbonyl (C=O) groups is 1. The van der Waals surface area contributed by atoms with E-state index in [0.717, 1.165) is 18.6 Å². The van der Waals surface area contributed by atoms with E-state index in [1.807, 2.05) is 0 Å². The van der Waals surface area contributed by atoms with E-state index in [1.54, 1.807) is 6.07 Å². The van der Waals surface area contributed by atoms with Gasteiger partial charge in [-0.2, -0.15) is 13.2 Å².